The van der Waals surface area contributed by atoms with Gasteiger partial charge in [-0.1, -0.05) is 43.2 Å². The maximum atomic E-state index is 13.8. The first-order valence-electron chi connectivity index (χ1n) is 19.4. The fourth-order valence-electron chi connectivity index (χ4n) is 7.84. The predicted molar refractivity (Wildman–Crippen MR) is 223 cm³/mol. The zero-order valence-corrected chi connectivity index (χ0v) is 36.5. The Bertz CT molecular complexity index is 2170. The number of ether oxygens (including phenoxy) is 1. The standard InChI is InChI=1S/C41H57N2O11PS2/c1-8-17-39(57(49,50)51)43-36-23-21-32(56(46,47)48)29-34(36)41(7,24-27-55(45,53-9-2)54-10-3)38(43)19-14-11-13-18-37-40(5,6)33-28-31(4)20-22-35(33)42(37)25-15-12-16-26-52-30-44/h11,13-14,18-23,28-30,39H,8-10,12,15-17,24-27H2,1-7H3,(H-,46,47,48,49,50,51)/p+1. The summed E-state index contributed by atoms with van der Waals surface area (Å²) in [6, 6.07) is 10.3. The average molecular weight is 850 g/mol. The molecule has 0 fully saturated rings. The van der Waals surface area contributed by atoms with Crippen molar-refractivity contribution in [1.29, 1.82) is 0 Å². The van der Waals surface area contributed by atoms with Crippen LogP contribution in [0, 0.1) is 6.92 Å². The van der Waals surface area contributed by atoms with Gasteiger partial charge in [0.05, 0.1) is 36.3 Å². The minimum absolute atomic E-state index is 0.0408. The van der Waals surface area contributed by atoms with Crippen molar-refractivity contribution in [2.75, 3.05) is 37.4 Å². The van der Waals surface area contributed by atoms with Crippen molar-refractivity contribution >= 4 is 51.4 Å². The lowest BCUT2D eigenvalue weighted by molar-refractivity contribution is -0.438. The zero-order valence-electron chi connectivity index (χ0n) is 34.0. The molecular formula is C41H58N2O11PS2+. The van der Waals surface area contributed by atoms with E-state index in [-0.39, 0.29) is 37.6 Å². The molecule has 2 aliphatic rings. The first-order valence-corrected chi connectivity index (χ1v) is 24.1. The van der Waals surface area contributed by atoms with Crippen LogP contribution < -0.4 is 4.90 Å². The second-order valence-corrected chi connectivity index (χ2v) is 20.2. The second kappa shape index (κ2) is 19.1. The van der Waals surface area contributed by atoms with Gasteiger partial charge in [-0.2, -0.15) is 21.4 Å². The Morgan fingerprint density at radius 3 is 2.23 bits per heavy atom. The highest BCUT2D eigenvalue weighted by atomic mass is 32.2. The Kier molecular flexibility index (Phi) is 15.5. The number of anilines is 1. The molecule has 2 aromatic carbocycles. The molecular weight excluding hydrogens is 792 g/mol. The Hall–Kier alpha value is -3.43. The molecule has 2 heterocycles. The van der Waals surface area contributed by atoms with Crippen LogP contribution >= 0.6 is 7.60 Å². The Morgan fingerprint density at radius 1 is 0.912 bits per heavy atom. The molecule has 57 heavy (non-hydrogen) atoms. The molecule has 0 amide bonds. The molecule has 0 saturated carbocycles. The van der Waals surface area contributed by atoms with Gasteiger partial charge in [0.2, 0.25) is 5.69 Å². The summed E-state index contributed by atoms with van der Waals surface area (Å²) in [7, 11) is -13.0. The van der Waals surface area contributed by atoms with Gasteiger partial charge in [0, 0.05) is 40.9 Å². The number of unbranched alkanes of at least 4 members (excludes halogenated alkanes) is 2. The number of hydrogen-bond donors (Lipinski definition) is 2. The van der Waals surface area contributed by atoms with Crippen LogP contribution in [0.3, 0.4) is 0 Å². The fourth-order valence-corrected chi connectivity index (χ4v) is 11.2. The van der Waals surface area contributed by atoms with E-state index in [0.717, 1.165) is 42.8 Å². The highest BCUT2D eigenvalue weighted by Gasteiger charge is 2.50. The molecule has 13 nitrogen and oxygen atoms in total. The number of benzene rings is 2. The van der Waals surface area contributed by atoms with Gasteiger partial charge in [0.25, 0.3) is 26.7 Å². The van der Waals surface area contributed by atoms with E-state index < -0.39 is 43.5 Å². The van der Waals surface area contributed by atoms with Crippen molar-refractivity contribution in [2.24, 2.45) is 0 Å². The minimum atomic E-state index is -4.70. The molecule has 16 heteroatoms. The summed E-state index contributed by atoms with van der Waals surface area (Å²) < 4.78 is 104. The van der Waals surface area contributed by atoms with Crippen LogP contribution in [0.25, 0.3) is 0 Å². The summed E-state index contributed by atoms with van der Waals surface area (Å²) in [5.74, 6) is 0. The molecule has 2 aliphatic heterocycles. The van der Waals surface area contributed by atoms with Crippen LogP contribution in [-0.4, -0.2) is 80.6 Å². The largest absolute Gasteiger partial charge is 0.468 e. The summed E-state index contributed by atoms with van der Waals surface area (Å²) in [5.41, 5.74) is 4.15. The zero-order chi connectivity index (χ0) is 42.2. The van der Waals surface area contributed by atoms with Crippen LogP contribution in [0.2, 0.25) is 0 Å². The van der Waals surface area contributed by atoms with Gasteiger partial charge in [-0.15, -0.1) is 0 Å². The van der Waals surface area contributed by atoms with Gasteiger partial charge in [0.1, 0.15) is 6.54 Å². The van der Waals surface area contributed by atoms with Crippen molar-refractivity contribution in [3.05, 3.63) is 89.2 Å². The number of allylic oxidation sites excluding steroid dienone is 6. The highest BCUT2D eigenvalue weighted by Crippen LogP contribution is 2.57. The van der Waals surface area contributed by atoms with E-state index in [4.69, 9.17) is 13.8 Å². The third-order valence-corrected chi connectivity index (χ3v) is 14.7. The van der Waals surface area contributed by atoms with Gasteiger partial charge in [-0.05, 0) is 103 Å². The normalized spacial score (nSPS) is 19.5. The van der Waals surface area contributed by atoms with Gasteiger partial charge in [0.15, 0.2) is 11.1 Å². The van der Waals surface area contributed by atoms with Crippen molar-refractivity contribution < 1.29 is 53.7 Å². The molecule has 0 aliphatic carbocycles. The number of carbonyl (C=O) groups is 1. The Morgan fingerprint density at radius 2 is 1.61 bits per heavy atom. The van der Waals surface area contributed by atoms with Gasteiger partial charge in [-0.25, -0.2) is 0 Å². The summed E-state index contributed by atoms with van der Waals surface area (Å²) in [5, 5.41) is -1.43. The monoisotopic (exact) mass is 849 g/mol. The van der Waals surface area contributed by atoms with Crippen LogP contribution in [0.1, 0.15) is 96.8 Å². The molecule has 0 aromatic heterocycles. The minimum Gasteiger partial charge on any atom is -0.468 e. The molecule has 2 unspecified atom stereocenters. The lowest BCUT2D eigenvalue weighted by Gasteiger charge is -2.34. The number of hydrogen-bond acceptors (Lipinski definition) is 10. The summed E-state index contributed by atoms with van der Waals surface area (Å²) >= 11 is 0. The predicted octanol–water partition coefficient (Wildman–Crippen LogP) is 8.41. The first kappa shape index (κ1) is 46.3. The highest BCUT2D eigenvalue weighted by molar-refractivity contribution is 7.86. The summed E-state index contributed by atoms with van der Waals surface area (Å²) in [6.45, 7) is 15.2. The maximum absolute atomic E-state index is 13.8. The molecule has 0 saturated heterocycles. The van der Waals surface area contributed by atoms with Crippen LogP contribution in [0.4, 0.5) is 11.4 Å². The number of fused-ring (bicyclic) bond motifs is 2. The van der Waals surface area contributed by atoms with E-state index >= 15 is 0 Å². The van der Waals surface area contributed by atoms with Gasteiger partial charge in [-0.3, -0.25) is 18.5 Å². The number of rotatable bonds is 22. The smallest absolute Gasteiger partial charge is 0.330 e. The van der Waals surface area contributed by atoms with Gasteiger partial charge < -0.3 is 18.7 Å². The summed E-state index contributed by atoms with van der Waals surface area (Å²) in [6.07, 6.45) is 12.2. The Labute approximate surface area is 338 Å². The molecule has 2 atom stereocenters. The first-order chi connectivity index (χ1) is 26.8. The molecule has 314 valence electrons. The van der Waals surface area contributed by atoms with E-state index in [9.17, 15) is 35.3 Å². The molecule has 0 spiro atoms. The van der Waals surface area contributed by atoms with Crippen molar-refractivity contribution in [1.82, 2.24) is 0 Å². The van der Waals surface area contributed by atoms with E-state index in [2.05, 4.69) is 49.6 Å². The third kappa shape index (κ3) is 10.6. The molecule has 2 N–H and O–H groups in total. The van der Waals surface area contributed by atoms with E-state index in [1.165, 1.54) is 28.7 Å². The van der Waals surface area contributed by atoms with E-state index in [1.807, 2.05) is 12.2 Å². The lowest BCUT2D eigenvalue weighted by Crippen LogP contribution is -2.41. The molecule has 0 bridgehead atoms. The fraction of sp³-hybridized carbons (Fsp3) is 0.512. The second-order valence-electron chi connectivity index (χ2n) is 15.0. The lowest BCUT2D eigenvalue weighted by atomic mass is 9.79. The Balaban J connectivity index is 1.84. The van der Waals surface area contributed by atoms with Crippen LogP contribution in [-0.2, 0) is 54.2 Å². The van der Waals surface area contributed by atoms with Crippen molar-refractivity contribution in [3.8, 4) is 0 Å². The molecule has 4 rings (SSSR count). The molecule has 2 aromatic rings. The number of carbonyl (C=O) groups excluding carboxylic acids is 1. The average Bonchev–Trinajstić information content (AvgIpc) is 3.49. The maximum Gasteiger partial charge on any atom is 0.330 e. The topological polar surface area (TPSA) is 177 Å². The van der Waals surface area contributed by atoms with Crippen LogP contribution in [0.15, 0.2) is 77.4 Å². The van der Waals surface area contributed by atoms with E-state index in [1.54, 1.807) is 39.8 Å². The van der Waals surface area contributed by atoms with Crippen LogP contribution in [0.5, 0.6) is 0 Å². The number of aryl methyl sites for hydroxylation is 1. The van der Waals surface area contributed by atoms with Crippen molar-refractivity contribution in [3.63, 3.8) is 0 Å². The summed E-state index contributed by atoms with van der Waals surface area (Å²) in [4.78, 5) is 11.7. The van der Waals surface area contributed by atoms with Crippen molar-refractivity contribution in [2.45, 2.75) is 108 Å². The van der Waals surface area contributed by atoms with Gasteiger partial charge >= 0.3 is 7.60 Å². The quantitative estimate of drug-likeness (QED) is 0.0289. The number of nitrogens with zero attached hydrogens (tertiary/aromatic N) is 2. The molecule has 0 radical (unpaired) electrons. The van der Waals surface area contributed by atoms with E-state index in [0.29, 0.717) is 36.4 Å². The third-order valence-electron chi connectivity index (χ3n) is 10.6. The SMILES string of the molecule is CCCC(N1C(=CC=CC=CC2=[N+](CCCCCOC=O)c3ccc(C)cc3C2(C)C)C(C)(CCP(=O)(OCC)OCC)c2cc(S(=O)(=O)O)ccc21)S(=O)(=O)O.